The molecule has 0 aliphatic heterocycles. The Bertz CT molecular complexity index is 1300. The fourth-order valence-corrected chi connectivity index (χ4v) is 4.14. The summed E-state index contributed by atoms with van der Waals surface area (Å²) < 4.78 is 14.1. The second kappa shape index (κ2) is 8.94. The van der Waals surface area contributed by atoms with Gasteiger partial charge in [-0.25, -0.2) is 9.37 Å². The quantitative estimate of drug-likeness (QED) is 0.168. The van der Waals surface area contributed by atoms with Crippen LogP contribution in [0.3, 0.4) is 0 Å². The van der Waals surface area contributed by atoms with Crippen LogP contribution in [0.1, 0.15) is 10.4 Å². The number of benzene rings is 2. The van der Waals surface area contributed by atoms with Gasteiger partial charge >= 0.3 is 0 Å². The maximum Gasteiger partial charge on any atom is 0.273 e. The lowest BCUT2D eigenvalue weighted by molar-refractivity contribution is -0.384. The van der Waals surface area contributed by atoms with E-state index in [4.69, 9.17) is 0 Å². The van der Waals surface area contributed by atoms with E-state index in [0.29, 0.717) is 20.9 Å². The highest BCUT2D eigenvalue weighted by atomic mass is 32.1. The normalized spacial score (nSPS) is 11.5. The number of nitro groups is 1. The van der Waals surface area contributed by atoms with E-state index in [0.717, 1.165) is 21.2 Å². The van der Waals surface area contributed by atoms with E-state index in [9.17, 15) is 19.3 Å². The summed E-state index contributed by atoms with van der Waals surface area (Å²) in [6.45, 7) is 0. The average molecular weight is 452 g/mol. The van der Waals surface area contributed by atoms with Crippen molar-refractivity contribution in [2.45, 2.75) is 0 Å². The Kier molecular flexibility index (Phi) is 5.92. The molecule has 2 aromatic carbocycles. The molecule has 0 bridgehead atoms. The Labute approximate surface area is 183 Å². The van der Waals surface area contributed by atoms with Crippen molar-refractivity contribution in [3.8, 4) is 0 Å². The van der Waals surface area contributed by atoms with Crippen molar-refractivity contribution in [1.82, 2.24) is 4.98 Å². The number of nitro benzene ring substituents is 1. The molecule has 31 heavy (non-hydrogen) atoms. The lowest BCUT2D eigenvalue weighted by atomic mass is 10.2. The van der Waals surface area contributed by atoms with Crippen LogP contribution in [-0.4, -0.2) is 22.0 Å². The van der Waals surface area contributed by atoms with Crippen molar-refractivity contribution in [3.63, 3.8) is 0 Å². The summed E-state index contributed by atoms with van der Waals surface area (Å²) in [5.41, 5.74) is 1.14. The molecule has 0 aliphatic carbocycles. The average Bonchev–Trinajstić information content (AvgIpc) is 3.42. The molecule has 1 amide bonds. The molecule has 0 fully saturated rings. The molecule has 4 aromatic rings. The zero-order chi connectivity index (χ0) is 21.8. The number of carbonyl (C=O) groups is 1. The first-order valence-electron chi connectivity index (χ1n) is 8.90. The summed E-state index contributed by atoms with van der Waals surface area (Å²) in [5.74, 6) is -0.855. The molecular formula is C21H13FN4O3S2. The van der Waals surface area contributed by atoms with Crippen molar-refractivity contribution in [2.24, 2.45) is 5.10 Å². The Morgan fingerprint density at radius 1 is 1.19 bits per heavy atom. The van der Waals surface area contributed by atoms with E-state index in [1.165, 1.54) is 47.8 Å². The maximum atomic E-state index is 13.5. The van der Waals surface area contributed by atoms with Crippen LogP contribution in [-0.2, 0) is 4.79 Å². The number of hydrogen-bond acceptors (Lipinski definition) is 7. The fraction of sp³-hybridized carbons (Fsp3) is 0. The molecule has 0 radical (unpaired) electrons. The molecule has 0 saturated carbocycles. The van der Waals surface area contributed by atoms with Gasteiger partial charge in [-0.2, -0.15) is 10.1 Å². The van der Waals surface area contributed by atoms with Crippen LogP contribution in [0, 0.1) is 15.9 Å². The standard InChI is InChI=1S/C21H13FN4O3S2/c22-15-6-9-18-19(12-15)31-21(24-18)25(23-13-17-2-1-11-30-17)20(27)10-5-14-3-7-16(8-4-14)26(28)29/h1-13H/b10-5+,23-13+. The molecule has 0 unspecified atom stereocenters. The Hall–Kier alpha value is -3.76. The van der Waals surface area contributed by atoms with Gasteiger partial charge < -0.3 is 0 Å². The summed E-state index contributed by atoms with van der Waals surface area (Å²) in [7, 11) is 0. The molecular weight excluding hydrogens is 439 g/mol. The third kappa shape index (κ3) is 4.87. The SMILES string of the molecule is O=C(/C=C/c1ccc([N+](=O)[O-])cc1)N(/N=C/c1cccs1)c1nc2ccc(F)cc2s1. The number of fused-ring (bicyclic) bond motifs is 1. The molecule has 0 saturated heterocycles. The van der Waals surface area contributed by atoms with Gasteiger partial charge in [0.25, 0.3) is 11.6 Å². The number of nitrogens with zero attached hydrogens (tertiary/aromatic N) is 4. The number of anilines is 1. The Morgan fingerprint density at radius 2 is 2.00 bits per heavy atom. The molecule has 2 heterocycles. The molecule has 154 valence electrons. The van der Waals surface area contributed by atoms with Gasteiger partial charge in [-0.3, -0.25) is 14.9 Å². The molecule has 0 atom stereocenters. The first-order chi connectivity index (χ1) is 15.0. The van der Waals surface area contributed by atoms with Gasteiger partial charge in [0.05, 0.1) is 21.4 Å². The summed E-state index contributed by atoms with van der Waals surface area (Å²) in [6.07, 6.45) is 4.39. The Morgan fingerprint density at radius 3 is 2.71 bits per heavy atom. The molecule has 7 nitrogen and oxygen atoms in total. The predicted octanol–water partition coefficient (Wildman–Crippen LogP) is 5.49. The highest BCUT2D eigenvalue weighted by Crippen LogP contribution is 2.30. The van der Waals surface area contributed by atoms with Crippen LogP contribution >= 0.6 is 22.7 Å². The van der Waals surface area contributed by atoms with Gasteiger partial charge in [0.15, 0.2) is 0 Å². The zero-order valence-corrected chi connectivity index (χ0v) is 17.3. The van der Waals surface area contributed by atoms with Crippen LogP contribution in [0.15, 0.2) is 71.2 Å². The van der Waals surface area contributed by atoms with E-state index < -0.39 is 10.8 Å². The van der Waals surface area contributed by atoms with E-state index in [1.54, 1.807) is 24.4 Å². The Balaban J connectivity index is 1.63. The third-order valence-electron chi connectivity index (χ3n) is 4.10. The van der Waals surface area contributed by atoms with Gasteiger partial charge in [0.2, 0.25) is 5.13 Å². The molecule has 2 aromatic heterocycles. The van der Waals surface area contributed by atoms with E-state index >= 15 is 0 Å². The number of hydrazone groups is 1. The number of rotatable bonds is 6. The van der Waals surface area contributed by atoms with E-state index in [-0.39, 0.29) is 11.5 Å². The second-order valence-electron chi connectivity index (χ2n) is 6.20. The number of aromatic nitrogens is 1. The summed E-state index contributed by atoms with van der Waals surface area (Å²) >= 11 is 2.61. The number of amides is 1. The van der Waals surface area contributed by atoms with Crippen molar-refractivity contribution in [2.75, 3.05) is 5.01 Å². The van der Waals surface area contributed by atoms with Gasteiger partial charge in [0.1, 0.15) is 5.82 Å². The van der Waals surface area contributed by atoms with Gasteiger partial charge in [-0.1, -0.05) is 17.4 Å². The number of thiophene rings is 1. The van der Waals surface area contributed by atoms with E-state index in [2.05, 4.69) is 10.1 Å². The minimum Gasteiger partial charge on any atom is -0.267 e. The third-order valence-corrected chi connectivity index (χ3v) is 5.90. The van der Waals surface area contributed by atoms with Crippen LogP contribution < -0.4 is 5.01 Å². The lowest BCUT2D eigenvalue weighted by Crippen LogP contribution is -2.23. The first-order valence-corrected chi connectivity index (χ1v) is 10.6. The number of halogens is 1. The summed E-state index contributed by atoms with van der Waals surface area (Å²) in [6, 6.07) is 13.7. The van der Waals surface area contributed by atoms with Crippen LogP contribution in [0.2, 0.25) is 0 Å². The zero-order valence-electron chi connectivity index (χ0n) is 15.7. The van der Waals surface area contributed by atoms with Crippen molar-refractivity contribution in [3.05, 3.63) is 92.4 Å². The lowest BCUT2D eigenvalue weighted by Gasteiger charge is -2.10. The number of non-ortho nitro benzene ring substituents is 1. The van der Waals surface area contributed by atoms with Crippen molar-refractivity contribution in [1.29, 1.82) is 0 Å². The number of thiazole rings is 1. The van der Waals surface area contributed by atoms with Gasteiger partial charge in [0, 0.05) is 23.1 Å². The fourth-order valence-electron chi connectivity index (χ4n) is 2.60. The van der Waals surface area contributed by atoms with E-state index in [1.807, 2.05) is 17.5 Å². The smallest absolute Gasteiger partial charge is 0.267 e. The molecule has 0 spiro atoms. The first kappa shape index (κ1) is 20.5. The highest BCUT2D eigenvalue weighted by molar-refractivity contribution is 7.22. The largest absolute Gasteiger partial charge is 0.273 e. The molecule has 10 heteroatoms. The summed E-state index contributed by atoms with van der Waals surface area (Å²) in [4.78, 5) is 28.4. The minimum absolute atomic E-state index is 0.0349. The number of hydrogen-bond donors (Lipinski definition) is 0. The van der Waals surface area contributed by atoms with Crippen molar-refractivity contribution >= 4 is 61.9 Å². The monoisotopic (exact) mass is 452 g/mol. The topological polar surface area (TPSA) is 88.7 Å². The summed E-state index contributed by atoms with van der Waals surface area (Å²) in [5, 5.41) is 18.4. The molecule has 0 aliphatic rings. The second-order valence-corrected chi connectivity index (χ2v) is 8.19. The minimum atomic E-state index is -0.490. The van der Waals surface area contributed by atoms with Crippen LogP contribution in [0.25, 0.3) is 16.3 Å². The van der Waals surface area contributed by atoms with Gasteiger partial charge in [-0.05, 0) is 53.4 Å². The highest BCUT2D eigenvalue weighted by Gasteiger charge is 2.17. The number of carbonyl (C=O) groups excluding carboxylic acids is 1. The van der Waals surface area contributed by atoms with Crippen LogP contribution in [0.4, 0.5) is 15.2 Å². The molecule has 4 rings (SSSR count). The predicted molar refractivity (Wildman–Crippen MR) is 121 cm³/mol. The maximum absolute atomic E-state index is 13.5. The van der Waals surface area contributed by atoms with Crippen LogP contribution in [0.5, 0.6) is 0 Å². The van der Waals surface area contributed by atoms with Crippen molar-refractivity contribution < 1.29 is 14.1 Å². The molecule has 0 N–H and O–H groups in total. The van der Waals surface area contributed by atoms with Gasteiger partial charge in [-0.15, -0.1) is 11.3 Å².